The summed E-state index contributed by atoms with van der Waals surface area (Å²) in [5.74, 6) is 1.03. The first-order chi connectivity index (χ1) is 10.3. The second-order valence-electron chi connectivity index (χ2n) is 5.66. The monoisotopic (exact) mass is 288 g/mol. The molecular weight excluding hydrogens is 264 g/mol. The van der Waals surface area contributed by atoms with Crippen LogP contribution < -0.4 is 10.2 Å². The first-order valence-corrected chi connectivity index (χ1v) is 7.89. The molecule has 2 aromatic heterocycles. The Balaban J connectivity index is 1.97. The fourth-order valence-electron chi connectivity index (χ4n) is 3.12. The third kappa shape index (κ3) is 2.76. The Morgan fingerprint density at radius 1 is 1.43 bits per heavy atom. The molecule has 3 heterocycles. The van der Waals surface area contributed by atoms with Crippen LogP contribution in [0.3, 0.4) is 0 Å². The molecule has 1 unspecified atom stereocenters. The number of aliphatic hydroxyl groups excluding tert-OH is 1. The molecule has 21 heavy (non-hydrogen) atoms. The zero-order valence-electron chi connectivity index (χ0n) is 12.6. The van der Waals surface area contributed by atoms with Gasteiger partial charge in [0.25, 0.3) is 0 Å². The largest absolute Gasteiger partial charge is 0.394 e. The number of pyridine rings is 1. The van der Waals surface area contributed by atoms with Crippen molar-refractivity contribution in [3.8, 4) is 0 Å². The van der Waals surface area contributed by atoms with Gasteiger partial charge in [0.2, 0.25) is 0 Å². The van der Waals surface area contributed by atoms with E-state index in [1.807, 2.05) is 18.2 Å². The van der Waals surface area contributed by atoms with Crippen molar-refractivity contribution in [2.24, 2.45) is 0 Å². The van der Waals surface area contributed by atoms with Crippen molar-refractivity contribution in [2.75, 3.05) is 24.6 Å². The van der Waals surface area contributed by atoms with Crippen LogP contribution in [0.1, 0.15) is 31.9 Å². The van der Waals surface area contributed by atoms with Gasteiger partial charge in [0.15, 0.2) is 5.82 Å². The van der Waals surface area contributed by atoms with Gasteiger partial charge in [-0.25, -0.2) is 4.98 Å². The Morgan fingerprint density at radius 3 is 3.14 bits per heavy atom. The lowest BCUT2D eigenvalue weighted by molar-refractivity contribution is 0.266. The standard InChI is InChI=1S/C16H24N4O/c1-2-8-17-11-14-16(19-10-5-6-13(19)12-21)18-15-7-3-4-9-20(14)15/h3-4,7,9,13,17,21H,2,5-6,8,10-12H2,1H3. The van der Waals surface area contributed by atoms with Gasteiger partial charge in [0.05, 0.1) is 18.3 Å². The van der Waals surface area contributed by atoms with E-state index in [4.69, 9.17) is 4.98 Å². The van der Waals surface area contributed by atoms with Crippen LogP contribution in [0.2, 0.25) is 0 Å². The van der Waals surface area contributed by atoms with Gasteiger partial charge >= 0.3 is 0 Å². The summed E-state index contributed by atoms with van der Waals surface area (Å²) in [5, 5.41) is 13.1. The van der Waals surface area contributed by atoms with Crippen LogP contribution in [0, 0.1) is 0 Å². The Kier molecular flexibility index (Phi) is 4.41. The quantitative estimate of drug-likeness (QED) is 0.796. The highest BCUT2D eigenvalue weighted by molar-refractivity contribution is 5.57. The third-order valence-electron chi connectivity index (χ3n) is 4.19. The summed E-state index contributed by atoms with van der Waals surface area (Å²) >= 11 is 0. The number of hydrogen-bond acceptors (Lipinski definition) is 4. The number of fused-ring (bicyclic) bond motifs is 1. The van der Waals surface area contributed by atoms with E-state index in [0.29, 0.717) is 0 Å². The molecule has 1 aliphatic rings. The minimum Gasteiger partial charge on any atom is -0.394 e. The molecule has 0 aliphatic carbocycles. The Hall–Kier alpha value is -1.59. The molecule has 0 aromatic carbocycles. The second-order valence-corrected chi connectivity index (χ2v) is 5.66. The van der Waals surface area contributed by atoms with Gasteiger partial charge in [-0.2, -0.15) is 0 Å². The SMILES string of the molecule is CCCNCc1c(N2CCCC2CO)nc2ccccn12. The first kappa shape index (κ1) is 14.4. The van der Waals surface area contributed by atoms with Crippen LogP contribution in [0.5, 0.6) is 0 Å². The van der Waals surface area contributed by atoms with Crippen molar-refractivity contribution < 1.29 is 5.11 Å². The molecule has 1 atom stereocenters. The summed E-state index contributed by atoms with van der Waals surface area (Å²) in [6, 6.07) is 6.30. The second kappa shape index (κ2) is 6.45. The van der Waals surface area contributed by atoms with Crippen LogP contribution in [0.4, 0.5) is 5.82 Å². The first-order valence-electron chi connectivity index (χ1n) is 7.89. The van der Waals surface area contributed by atoms with Gasteiger partial charge in [0, 0.05) is 19.3 Å². The molecule has 1 fully saturated rings. The molecule has 0 radical (unpaired) electrons. The molecule has 0 amide bonds. The zero-order chi connectivity index (χ0) is 14.7. The molecule has 3 rings (SSSR count). The molecule has 0 spiro atoms. The fraction of sp³-hybridized carbons (Fsp3) is 0.562. The molecule has 1 saturated heterocycles. The molecule has 2 N–H and O–H groups in total. The molecule has 2 aromatic rings. The average Bonchev–Trinajstić information content (AvgIpc) is 3.11. The fourth-order valence-corrected chi connectivity index (χ4v) is 3.12. The van der Waals surface area contributed by atoms with Crippen LogP contribution in [0.25, 0.3) is 5.65 Å². The maximum atomic E-state index is 9.59. The number of nitrogens with one attached hydrogen (secondary N) is 1. The minimum atomic E-state index is 0.204. The zero-order valence-corrected chi connectivity index (χ0v) is 12.6. The van der Waals surface area contributed by atoms with Crippen molar-refractivity contribution in [3.05, 3.63) is 30.1 Å². The Morgan fingerprint density at radius 2 is 2.33 bits per heavy atom. The predicted molar refractivity (Wildman–Crippen MR) is 84.6 cm³/mol. The van der Waals surface area contributed by atoms with Gasteiger partial charge < -0.3 is 19.7 Å². The normalized spacial score (nSPS) is 18.8. The van der Waals surface area contributed by atoms with Crippen LogP contribution in [0.15, 0.2) is 24.4 Å². The van der Waals surface area contributed by atoms with Gasteiger partial charge in [-0.05, 0) is 37.9 Å². The maximum absolute atomic E-state index is 9.59. The lowest BCUT2D eigenvalue weighted by Crippen LogP contribution is -2.33. The number of nitrogens with zero attached hydrogens (tertiary/aromatic N) is 3. The van der Waals surface area contributed by atoms with Gasteiger partial charge in [-0.15, -0.1) is 0 Å². The van der Waals surface area contributed by atoms with Crippen LogP contribution in [-0.4, -0.2) is 40.2 Å². The summed E-state index contributed by atoms with van der Waals surface area (Å²) in [5.41, 5.74) is 2.17. The number of rotatable bonds is 6. The van der Waals surface area contributed by atoms with E-state index in [-0.39, 0.29) is 12.6 Å². The maximum Gasteiger partial charge on any atom is 0.152 e. The minimum absolute atomic E-state index is 0.204. The molecular formula is C16H24N4O. The molecule has 114 valence electrons. The van der Waals surface area contributed by atoms with Gasteiger partial charge in [0.1, 0.15) is 5.65 Å². The van der Waals surface area contributed by atoms with E-state index in [0.717, 1.165) is 50.4 Å². The van der Waals surface area contributed by atoms with E-state index in [9.17, 15) is 5.11 Å². The van der Waals surface area contributed by atoms with Gasteiger partial charge in [-0.3, -0.25) is 0 Å². The van der Waals surface area contributed by atoms with E-state index < -0.39 is 0 Å². The Bertz CT molecular complexity index is 595. The van der Waals surface area contributed by atoms with Crippen molar-refractivity contribution in [3.63, 3.8) is 0 Å². The van der Waals surface area contributed by atoms with E-state index in [1.165, 1.54) is 5.69 Å². The highest BCUT2D eigenvalue weighted by atomic mass is 16.3. The number of imidazole rings is 1. The summed E-state index contributed by atoms with van der Waals surface area (Å²) < 4.78 is 2.16. The van der Waals surface area contributed by atoms with Crippen molar-refractivity contribution in [2.45, 2.75) is 38.8 Å². The summed E-state index contributed by atoms with van der Waals surface area (Å²) in [6.45, 7) is 5.17. The van der Waals surface area contributed by atoms with Gasteiger partial charge in [-0.1, -0.05) is 13.0 Å². The number of anilines is 1. The third-order valence-corrected chi connectivity index (χ3v) is 4.19. The smallest absolute Gasteiger partial charge is 0.152 e. The average molecular weight is 288 g/mol. The van der Waals surface area contributed by atoms with E-state index in [1.54, 1.807) is 0 Å². The highest BCUT2D eigenvalue weighted by Gasteiger charge is 2.28. The van der Waals surface area contributed by atoms with Crippen molar-refractivity contribution >= 4 is 11.5 Å². The van der Waals surface area contributed by atoms with Crippen LogP contribution in [-0.2, 0) is 6.54 Å². The molecule has 5 heteroatoms. The summed E-state index contributed by atoms with van der Waals surface area (Å²) in [7, 11) is 0. The van der Waals surface area contributed by atoms with Crippen molar-refractivity contribution in [1.29, 1.82) is 0 Å². The molecule has 0 saturated carbocycles. The molecule has 1 aliphatic heterocycles. The summed E-state index contributed by atoms with van der Waals surface area (Å²) in [4.78, 5) is 7.08. The number of aromatic nitrogens is 2. The highest BCUT2D eigenvalue weighted by Crippen LogP contribution is 2.28. The van der Waals surface area contributed by atoms with E-state index in [2.05, 4.69) is 27.7 Å². The Labute approximate surface area is 125 Å². The molecule has 0 bridgehead atoms. The van der Waals surface area contributed by atoms with E-state index >= 15 is 0 Å². The lowest BCUT2D eigenvalue weighted by atomic mass is 10.2. The predicted octanol–water partition coefficient (Wildman–Crippen LogP) is 1.79. The van der Waals surface area contributed by atoms with Crippen molar-refractivity contribution in [1.82, 2.24) is 14.7 Å². The van der Waals surface area contributed by atoms with Crippen LogP contribution >= 0.6 is 0 Å². The molecule has 5 nitrogen and oxygen atoms in total. The lowest BCUT2D eigenvalue weighted by Gasteiger charge is -2.24. The number of aliphatic hydroxyl groups is 1. The summed E-state index contributed by atoms with van der Waals surface area (Å²) in [6.07, 6.45) is 5.36. The number of hydrogen-bond donors (Lipinski definition) is 2. The topological polar surface area (TPSA) is 52.8 Å².